The summed E-state index contributed by atoms with van der Waals surface area (Å²) in [6.45, 7) is 3.71. The Kier molecular flexibility index (Phi) is 3.58. The van der Waals surface area contributed by atoms with Gasteiger partial charge < -0.3 is 0 Å². The maximum Gasteiger partial charge on any atom is 0.213 e. The highest BCUT2D eigenvalue weighted by molar-refractivity contribution is 7.99. The number of hydrogen-bond donors (Lipinski definition) is 1. The zero-order chi connectivity index (χ0) is 12.3. The number of Topliss-reactive ketones (excluding diaryl/α,β-unsaturated/α-hetero) is 1. The fourth-order valence-electron chi connectivity index (χ4n) is 1.44. The largest absolute Gasteiger partial charge is 0.294 e. The summed E-state index contributed by atoms with van der Waals surface area (Å²) in [4.78, 5) is 16.9. The Morgan fingerprint density at radius 3 is 2.82 bits per heavy atom. The number of H-pyrrole nitrogens is 1. The van der Waals surface area contributed by atoms with Crippen molar-refractivity contribution in [1.29, 1.82) is 0 Å². The van der Waals surface area contributed by atoms with Gasteiger partial charge in [-0.2, -0.15) is 0 Å². The summed E-state index contributed by atoms with van der Waals surface area (Å²) in [5.74, 6) is 0.909. The highest BCUT2D eigenvalue weighted by Gasteiger charge is 2.11. The molecule has 1 aromatic carbocycles. The summed E-state index contributed by atoms with van der Waals surface area (Å²) >= 11 is 1.40. The third kappa shape index (κ3) is 2.74. The van der Waals surface area contributed by atoms with Gasteiger partial charge in [0.05, 0.1) is 0 Å². The molecule has 0 spiro atoms. The molecule has 0 aliphatic carbocycles. The van der Waals surface area contributed by atoms with Crippen LogP contribution in [-0.4, -0.2) is 21.0 Å². The van der Waals surface area contributed by atoms with Gasteiger partial charge in [0.2, 0.25) is 5.16 Å². The van der Waals surface area contributed by atoms with Crippen LogP contribution in [0.2, 0.25) is 0 Å². The second kappa shape index (κ2) is 5.14. The first-order valence-electron chi connectivity index (χ1n) is 5.39. The minimum atomic E-state index is 0.139. The molecule has 0 atom stereocenters. The normalized spacial score (nSPS) is 10.5. The van der Waals surface area contributed by atoms with Crippen LogP contribution in [0.15, 0.2) is 34.3 Å². The van der Waals surface area contributed by atoms with E-state index in [2.05, 4.69) is 15.2 Å². The molecule has 1 heterocycles. The Labute approximate surface area is 104 Å². The van der Waals surface area contributed by atoms with Crippen molar-refractivity contribution in [2.45, 2.75) is 30.3 Å². The average molecular weight is 247 g/mol. The molecule has 0 aliphatic heterocycles. The first kappa shape index (κ1) is 11.9. The summed E-state index contributed by atoms with van der Waals surface area (Å²) in [6, 6.07) is 7.54. The number of aromatic nitrogens is 3. The van der Waals surface area contributed by atoms with Gasteiger partial charge in [0, 0.05) is 16.9 Å². The van der Waals surface area contributed by atoms with Crippen molar-refractivity contribution in [3.63, 3.8) is 0 Å². The Balaban J connectivity index is 2.29. The molecule has 0 saturated carbocycles. The van der Waals surface area contributed by atoms with Gasteiger partial charge in [0.15, 0.2) is 5.78 Å². The number of hydrogen-bond acceptors (Lipinski definition) is 4. The van der Waals surface area contributed by atoms with Gasteiger partial charge in [-0.05, 0) is 24.8 Å². The van der Waals surface area contributed by atoms with Gasteiger partial charge >= 0.3 is 0 Å². The van der Waals surface area contributed by atoms with Gasteiger partial charge in [-0.3, -0.25) is 9.89 Å². The molecule has 2 rings (SSSR count). The van der Waals surface area contributed by atoms with Crippen LogP contribution in [0.5, 0.6) is 0 Å². The van der Waals surface area contributed by atoms with Crippen molar-refractivity contribution in [2.24, 2.45) is 0 Å². The number of aromatic amines is 1. The monoisotopic (exact) mass is 247 g/mol. The minimum Gasteiger partial charge on any atom is -0.294 e. The molecule has 4 nitrogen and oxygen atoms in total. The van der Waals surface area contributed by atoms with Crippen LogP contribution in [0, 0.1) is 6.92 Å². The molecule has 0 amide bonds. The number of nitrogens with one attached hydrogen (secondary N) is 1. The Hall–Kier alpha value is -1.62. The minimum absolute atomic E-state index is 0.139. The molecule has 2 aromatic rings. The molecule has 0 aliphatic rings. The Bertz CT molecular complexity index is 536. The smallest absolute Gasteiger partial charge is 0.213 e. The van der Waals surface area contributed by atoms with Crippen molar-refractivity contribution in [2.75, 3.05) is 0 Å². The maximum atomic E-state index is 11.8. The van der Waals surface area contributed by atoms with Gasteiger partial charge in [0.1, 0.15) is 5.82 Å². The summed E-state index contributed by atoms with van der Waals surface area (Å²) in [5, 5.41) is 7.48. The predicted molar refractivity (Wildman–Crippen MR) is 66.3 cm³/mol. The van der Waals surface area contributed by atoms with Crippen molar-refractivity contribution >= 4 is 17.5 Å². The zero-order valence-electron chi connectivity index (χ0n) is 9.73. The number of benzene rings is 1. The van der Waals surface area contributed by atoms with Crippen LogP contribution >= 0.6 is 11.8 Å². The number of aryl methyl sites for hydroxylation is 1. The zero-order valence-corrected chi connectivity index (χ0v) is 10.5. The molecule has 88 valence electrons. The van der Waals surface area contributed by atoms with Gasteiger partial charge in [-0.1, -0.05) is 25.1 Å². The van der Waals surface area contributed by atoms with Gasteiger partial charge in [-0.15, -0.1) is 5.10 Å². The lowest BCUT2D eigenvalue weighted by molar-refractivity contribution is 0.0985. The predicted octanol–water partition coefficient (Wildman–Crippen LogP) is 2.86. The van der Waals surface area contributed by atoms with E-state index >= 15 is 0 Å². The van der Waals surface area contributed by atoms with Crippen LogP contribution in [0.3, 0.4) is 0 Å². The third-order valence-corrected chi connectivity index (χ3v) is 3.23. The summed E-state index contributed by atoms with van der Waals surface area (Å²) < 4.78 is 0. The summed E-state index contributed by atoms with van der Waals surface area (Å²) in [7, 11) is 0. The summed E-state index contributed by atoms with van der Waals surface area (Å²) in [6.07, 6.45) is 0.505. The van der Waals surface area contributed by atoms with Crippen LogP contribution in [0.25, 0.3) is 0 Å². The molecule has 0 saturated heterocycles. The van der Waals surface area contributed by atoms with E-state index in [-0.39, 0.29) is 5.78 Å². The second-order valence-corrected chi connectivity index (χ2v) is 4.59. The number of carbonyl (C=O) groups excluding carboxylic acids is 1. The maximum absolute atomic E-state index is 11.8. The number of ketones is 1. The van der Waals surface area contributed by atoms with Gasteiger partial charge in [0.25, 0.3) is 0 Å². The van der Waals surface area contributed by atoms with E-state index in [1.807, 2.05) is 38.1 Å². The standard InChI is InChI=1S/C12H13N3OS/c1-3-10(16)9-6-4-5-7-11(9)17-12-13-8(2)14-15-12/h4-7H,3H2,1-2H3,(H,13,14,15). The lowest BCUT2D eigenvalue weighted by Crippen LogP contribution is -1.98. The fraction of sp³-hybridized carbons (Fsp3) is 0.250. The fourth-order valence-corrected chi connectivity index (χ4v) is 2.35. The SMILES string of the molecule is CCC(=O)c1ccccc1Sc1n[nH]c(C)n1. The first-order chi connectivity index (χ1) is 8.20. The van der Waals surface area contributed by atoms with E-state index in [4.69, 9.17) is 0 Å². The van der Waals surface area contributed by atoms with Crippen molar-refractivity contribution in [3.05, 3.63) is 35.7 Å². The molecule has 17 heavy (non-hydrogen) atoms. The average Bonchev–Trinajstić information content (AvgIpc) is 2.74. The third-order valence-electron chi connectivity index (χ3n) is 2.29. The van der Waals surface area contributed by atoms with E-state index in [0.717, 1.165) is 16.3 Å². The summed E-state index contributed by atoms with van der Waals surface area (Å²) in [5.41, 5.74) is 0.738. The van der Waals surface area contributed by atoms with Crippen LogP contribution in [0.1, 0.15) is 29.5 Å². The molecular weight excluding hydrogens is 234 g/mol. The van der Waals surface area contributed by atoms with Crippen LogP contribution in [0.4, 0.5) is 0 Å². The molecule has 1 N–H and O–H groups in total. The second-order valence-electron chi connectivity index (χ2n) is 3.58. The Morgan fingerprint density at radius 1 is 1.41 bits per heavy atom. The van der Waals surface area contributed by atoms with Crippen molar-refractivity contribution in [3.8, 4) is 0 Å². The Morgan fingerprint density at radius 2 is 2.18 bits per heavy atom. The molecule has 0 bridgehead atoms. The molecule has 0 radical (unpaired) electrons. The molecule has 1 aromatic heterocycles. The quantitative estimate of drug-likeness (QED) is 0.844. The molecule has 0 fully saturated rings. The van der Waals surface area contributed by atoms with Crippen molar-refractivity contribution < 1.29 is 4.79 Å². The van der Waals surface area contributed by atoms with E-state index < -0.39 is 0 Å². The number of carbonyl (C=O) groups is 1. The first-order valence-corrected chi connectivity index (χ1v) is 6.21. The highest BCUT2D eigenvalue weighted by Crippen LogP contribution is 2.28. The van der Waals surface area contributed by atoms with E-state index in [0.29, 0.717) is 11.6 Å². The molecular formula is C12H13N3OS. The number of nitrogens with zero attached hydrogens (tertiary/aromatic N) is 2. The van der Waals surface area contributed by atoms with Crippen LogP contribution < -0.4 is 0 Å². The van der Waals surface area contributed by atoms with E-state index in [1.54, 1.807) is 0 Å². The lowest BCUT2D eigenvalue weighted by atomic mass is 10.1. The lowest BCUT2D eigenvalue weighted by Gasteiger charge is -2.04. The number of rotatable bonds is 4. The molecule has 0 unspecified atom stereocenters. The van der Waals surface area contributed by atoms with E-state index in [1.165, 1.54) is 11.8 Å². The highest BCUT2D eigenvalue weighted by atomic mass is 32.2. The van der Waals surface area contributed by atoms with E-state index in [9.17, 15) is 4.79 Å². The topological polar surface area (TPSA) is 58.6 Å². The van der Waals surface area contributed by atoms with Crippen molar-refractivity contribution in [1.82, 2.24) is 15.2 Å². The van der Waals surface area contributed by atoms with Crippen LogP contribution in [-0.2, 0) is 0 Å². The molecule has 5 heteroatoms. The van der Waals surface area contributed by atoms with Gasteiger partial charge in [-0.25, -0.2) is 4.98 Å².